The van der Waals surface area contributed by atoms with Gasteiger partial charge in [-0.3, -0.25) is 19.2 Å². The molecule has 1 unspecified atom stereocenters. The van der Waals surface area contributed by atoms with Crippen molar-refractivity contribution in [2.75, 3.05) is 26.3 Å². The van der Waals surface area contributed by atoms with Gasteiger partial charge in [-0.05, 0) is 25.3 Å². The smallest absolute Gasteiger partial charge is 0.306 e. The molecule has 1 spiro atoms. The average molecular weight is 566 g/mol. The second-order valence-electron chi connectivity index (χ2n) is 11.2. The number of hydrogen-bond acceptors (Lipinski definition) is 7. The first-order chi connectivity index (χ1) is 19.8. The van der Waals surface area contributed by atoms with Gasteiger partial charge in [0.05, 0.1) is 30.6 Å². The second-order valence-corrected chi connectivity index (χ2v) is 11.2. The first-order valence-corrected chi connectivity index (χ1v) is 14.6. The van der Waals surface area contributed by atoms with Crippen molar-refractivity contribution < 1.29 is 33.8 Å². The summed E-state index contributed by atoms with van der Waals surface area (Å²) >= 11 is 0. The van der Waals surface area contributed by atoms with Gasteiger partial charge in [0.15, 0.2) is 0 Å². The molecule has 220 valence electrons. The van der Waals surface area contributed by atoms with Crippen molar-refractivity contribution >= 4 is 23.7 Å². The summed E-state index contributed by atoms with van der Waals surface area (Å²) in [7, 11) is 0. The van der Waals surface area contributed by atoms with Gasteiger partial charge in [-0.1, -0.05) is 68.0 Å². The Kier molecular flexibility index (Phi) is 8.60. The minimum absolute atomic E-state index is 0.0435. The first kappa shape index (κ1) is 29.0. The van der Waals surface area contributed by atoms with E-state index in [-0.39, 0.29) is 50.0 Å². The lowest BCUT2D eigenvalue weighted by Crippen LogP contribution is -2.57. The van der Waals surface area contributed by atoms with Crippen LogP contribution in [0.25, 0.3) is 0 Å². The summed E-state index contributed by atoms with van der Waals surface area (Å²) < 4.78 is 12.0. The number of ether oxygens (including phenoxy) is 2. The Hall–Kier alpha value is -3.50. The third-order valence-electron chi connectivity index (χ3n) is 8.69. The summed E-state index contributed by atoms with van der Waals surface area (Å²) in [5, 5.41) is 12.9. The lowest BCUT2D eigenvalue weighted by atomic mass is 9.74. The van der Waals surface area contributed by atoms with Crippen molar-refractivity contribution in [1.29, 1.82) is 0 Å². The Bertz CT molecular complexity index is 1220. The van der Waals surface area contributed by atoms with Gasteiger partial charge in [-0.25, -0.2) is 0 Å². The van der Waals surface area contributed by atoms with Crippen molar-refractivity contribution in [3.63, 3.8) is 0 Å². The van der Waals surface area contributed by atoms with E-state index in [0.29, 0.717) is 13.0 Å². The zero-order valence-corrected chi connectivity index (χ0v) is 23.6. The average Bonchev–Trinajstić information content (AvgIpc) is 3.60. The molecule has 4 heterocycles. The van der Waals surface area contributed by atoms with E-state index in [9.17, 15) is 24.3 Å². The number of esters is 1. The number of nitrogens with zero attached hydrogens (tertiary/aromatic N) is 2. The van der Waals surface area contributed by atoms with Crippen molar-refractivity contribution in [2.45, 2.75) is 69.4 Å². The largest absolute Gasteiger partial charge is 0.463 e. The number of fused-ring (bicyclic) bond motifs is 2. The van der Waals surface area contributed by atoms with E-state index >= 15 is 0 Å². The number of aliphatic hydroxyl groups excluding tert-OH is 1. The van der Waals surface area contributed by atoms with E-state index in [2.05, 4.69) is 5.32 Å². The molecule has 1 aromatic rings. The van der Waals surface area contributed by atoms with Gasteiger partial charge in [0.25, 0.3) is 0 Å². The van der Waals surface area contributed by atoms with Crippen LogP contribution in [0.3, 0.4) is 0 Å². The maximum absolute atomic E-state index is 14.4. The van der Waals surface area contributed by atoms with Crippen LogP contribution in [-0.4, -0.2) is 88.7 Å². The highest BCUT2D eigenvalue weighted by molar-refractivity contribution is 6.00. The fourth-order valence-electron chi connectivity index (χ4n) is 6.74. The third-order valence-corrected chi connectivity index (χ3v) is 8.69. The van der Waals surface area contributed by atoms with Gasteiger partial charge in [0, 0.05) is 25.6 Å². The molecule has 2 fully saturated rings. The number of β-amino-alcohol motifs (C(OH)–C–C–N with tert-alkyl or cyclic N) is 1. The minimum atomic E-state index is -1.31. The molecule has 0 aliphatic carbocycles. The minimum Gasteiger partial charge on any atom is -0.463 e. The number of likely N-dealkylation sites (tertiary alicyclic amines) is 1. The molecule has 5 bridgehead atoms. The fraction of sp³-hybridized carbons (Fsp3) is 0.548. The maximum Gasteiger partial charge on any atom is 0.306 e. The maximum atomic E-state index is 14.4. The third kappa shape index (κ3) is 5.30. The van der Waals surface area contributed by atoms with Crippen LogP contribution in [0.15, 0.2) is 54.6 Å². The molecule has 4 aliphatic rings. The van der Waals surface area contributed by atoms with Crippen LogP contribution in [0.1, 0.15) is 51.1 Å². The number of nitrogens with one attached hydrogen (secondary N) is 1. The van der Waals surface area contributed by atoms with Crippen molar-refractivity contribution in [1.82, 2.24) is 15.1 Å². The summed E-state index contributed by atoms with van der Waals surface area (Å²) in [5.41, 5.74) is -0.555. The van der Waals surface area contributed by atoms with Gasteiger partial charge >= 0.3 is 5.97 Å². The quantitative estimate of drug-likeness (QED) is 0.399. The molecule has 5 rings (SSSR count). The predicted molar refractivity (Wildman–Crippen MR) is 149 cm³/mol. The van der Waals surface area contributed by atoms with Gasteiger partial charge in [-0.15, -0.1) is 0 Å². The number of amides is 3. The second kappa shape index (κ2) is 12.2. The number of rotatable bonds is 6. The normalized spacial score (nSPS) is 33.5. The standard InChI is InChI=1S/C31H39N3O7/c1-3-10-20(2)33-16-9-5-8-13-24(36)40-19-22(21-11-6-4-7-12-21)32-28(37)25-23-14-15-31(41-23)26(25)29(38)34(17-18-35)27(31)30(33)39/h4-7,9,11-12,14-15,20,22-23,25-27,35H,3,8,10,13,16-19H2,1-2H3,(H,32,37)/b9-5-/t20?,22-,23-,25+,26+,27-,31+/m0/s1. The zero-order chi connectivity index (χ0) is 29.1. The number of carbonyl (C=O) groups excluding carboxylic acids is 4. The number of cyclic esters (lactones) is 1. The molecule has 2 N–H and O–H groups in total. The Labute approximate surface area is 240 Å². The van der Waals surface area contributed by atoms with E-state index in [1.54, 1.807) is 17.1 Å². The van der Waals surface area contributed by atoms with Gasteiger partial charge < -0.3 is 29.7 Å². The van der Waals surface area contributed by atoms with Crippen LogP contribution in [0, 0.1) is 11.8 Å². The van der Waals surface area contributed by atoms with Crippen LogP contribution in [-0.2, 0) is 28.7 Å². The molecule has 3 amide bonds. The molecule has 10 heteroatoms. The van der Waals surface area contributed by atoms with E-state index < -0.39 is 41.5 Å². The Balaban J connectivity index is 1.55. The zero-order valence-electron chi connectivity index (χ0n) is 23.6. The van der Waals surface area contributed by atoms with Crippen molar-refractivity contribution in [3.8, 4) is 0 Å². The highest BCUT2D eigenvalue weighted by Gasteiger charge is 2.73. The van der Waals surface area contributed by atoms with Gasteiger partial charge in [-0.2, -0.15) is 0 Å². The number of hydrogen-bond donors (Lipinski definition) is 2. The first-order valence-electron chi connectivity index (χ1n) is 14.6. The molecular formula is C31H39N3O7. The summed E-state index contributed by atoms with van der Waals surface area (Å²) in [6.07, 6.45) is 8.79. The molecule has 2 saturated heterocycles. The number of aliphatic hydroxyl groups is 1. The van der Waals surface area contributed by atoms with Crippen molar-refractivity contribution in [3.05, 3.63) is 60.2 Å². The van der Waals surface area contributed by atoms with E-state index in [1.807, 2.05) is 56.3 Å². The molecular weight excluding hydrogens is 526 g/mol. The summed E-state index contributed by atoms with van der Waals surface area (Å²) in [4.78, 5) is 57.9. The van der Waals surface area contributed by atoms with E-state index in [4.69, 9.17) is 9.47 Å². The van der Waals surface area contributed by atoms with Crippen LogP contribution >= 0.6 is 0 Å². The van der Waals surface area contributed by atoms with Gasteiger partial charge in [0.2, 0.25) is 17.7 Å². The van der Waals surface area contributed by atoms with E-state index in [1.165, 1.54) is 4.90 Å². The summed E-state index contributed by atoms with van der Waals surface area (Å²) in [6, 6.07) is 7.44. The fourth-order valence-corrected chi connectivity index (χ4v) is 6.74. The molecule has 4 aliphatic heterocycles. The predicted octanol–water partition coefficient (Wildman–Crippen LogP) is 1.90. The molecule has 0 radical (unpaired) electrons. The van der Waals surface area contributed by atoms with Gasteiger partial charge in [0.1, 0.15) is 18.2 Å². The molecule has 1 aromatic carbocycles. The molecule has 10 nitrogen and oxygen atoms in total. The van der Waals surface area contributed by atoms with Crippen molar-refractivity contribution in [2.24, 2.45) is 11.8 Å². The van der Waals surface area contributed by atoms with Crippen LogP contribution < -0.4 is 5.32 Å². The Morgan fingerprint density at radius 2 is 1.90 bits per heavy atom. The lowest BCUT2D eigenvalue weighted by molar-refractivity contribution is -0.149. The monoisotopic (exact) mass is 565 g/mol. The molecule has 41 heavy (non-hydrogen) atoms. The van der Waals surface area contributed by atoms with Crippen LogP contribution in [0.4, 0.5) is 0 Å². The highest BCUT2D eigenvalue weighted by Crippen LogP contribution is 2.55. The molecule has 0 saturated carbocycles. The number of benzene rings is 1. The number of allylic oxidation sites excluding steroid dienone is 1. The van der Waals surface area contributed by atoms with Crippen LogP contribution in [0.2, 0.25) is 0 Å². The Morgan fingerprint density at radius 1 is 1.12 bits per heavy atom. The lowest BCUT2D eigenvalue weighted by Gasteiger charge is -2.38. The Morgan fingerprint density at radius 3 is 2.63 bits per heavy atom. The van der Waals surface area contributed by atoms with Crippen LogP contribution in [0.5, 0.6) is 0 Å². The highest BCUT2D eigenvalue weighted by atomic mass is 16.5. The number of carbonyl (C=O) groups is 4. The molecule has 0 aromatic heterocycles. The topological polar surface area (TPSA) is 125 Å². The summed E-state index contributed by atoms with van der Waals surface area (Å²) in [5.74, 6) is -3.27. The summed E-state index contributed by atoms with van der Waals surface area (Å²) in [6.45, 7) is 3.88. The molecule has 7 atom stereocenters. The van der Waals surface area contributed by atoms with E-state index in [0.717, 1.165) is 18.4 Å². The SMILES string of the molecule is CCCC(C)N1C/C=C\CCC(=O)OC[C@@H](c2ccccc2)NC(=O)[C@@H]2[C@@H]3C=C[C@]4(O3)[C@H](C1=O)N(CCO)C(=O)[C@@H]24.